The molecule has 0 radical (unpaired) electrons. The first-order valence-electron chi connectivity index (χ1n) is 5.50. The fourth-order valence-corrected chi connectivity index (χ4v) is 1.74. The molecule has 1 atom stereocenters. The third-order valence-electron chi connectivity index (χ3n) is 2.39. The van der Waals surface area contributed by atoms with Gasteiger partial charge in [-0.05, 0) is 43.5 Å². The first kappa shape index (κ1) is 12.9. The zero-order valence-electron chi connectivity index (χ0n) is 10.0. The largest absolute Gasteiger partial charge is 0.494 e. The molecule has 86 valence electrons. The van der Waals surface area contributed by atoms with Gasteiger partial charge in [0.15, 0.2) is 0 Å². The van der Waals surface area contributed by atoms with E-state index in [1.807, 2.05) is 32.0 Å². The molecule has 0 bridgehead atoms. The van der Waals surface area contributed by atoms with Crippen molar-refractivity contribution >= 4 is 11.6 Å². The molecule has 0 N–H and O–H groups in total. The monoisotopic (exact) mass is 236 g/mol. The highest BCUT2D eigenvalue weighted by Crippen LogP contribution is 2.31. The van der Waals surface area contributed by atoms with Gasteiger partial charge in [0.25, 0.3) is 0 Å². The first-order valence-corrected chi connectivity index (χ1v) is 5.88. The maximum atomic E-state index is 6.00. The summed E-state index contributed by atoms with van der Waals surface area (Å²) in [4.78, 5) is 0. The van der Waals surface area contributed by atoms with Crippen molar-refractivity contribution in [1.29, 1.82) is 0 Å². The summed E-state index contributed by atoms with van der Waals surface area (Å²) in [6.45, 7) is 6.64. The predicted octanol–water partition coefficient (Wildman–Crippen LogP) is 4.26. The van der Waals surface area contributed by atoms with Crippen LogP contribution in [0.5, 0.6) is 5.75 Å². The highest BCUT2D eigenvalue weighted by Gasteiger charge is 2.11. The maximum Gasteiger partial charge on any atom is 0.122 e. The van der Waals surface area contributed by atoms with Crippen LogP contribution in [0.4, 0.5) is 0 Å². The molecule has 1 unspecified atom stereocenters. The van der Waals surface area contributed by atoms with Crippen molar-refractivity contribution in [2.75, 3.05) is 6.61 Å². The molecular weight excluding hydrogens is 220 g/mol. The molecule has 0 fully saturated rings. The Bertz CT molecular complexity index is 401. The molecule has 0 aromatic heterocycles. The average molecular weight is 237 g/mol. The molecule has 1 nitrogen and oxygen atoms in total. The van der Waals surface area contributed by atoms with Gasteiger partial charge in [-0.1, -0.05) is 18.5 Å². The summed E-state index contributed by atoms with van der Waals surface area (Å²) in [5, 5.41) is 0.745. The van der Waals surface area contributed by atoms with Crippen LogP contribution in [0.3, 0.4) is 0 Å². The minimum absolute atomic E-state index is 0.340. The number of ether oxygens (including phenoxy) is 1. The second kappa shape index (κ2) is 6.45. The summed E-state index contributed by atoms with van der Waals surface area (Å²) >= 11 is 6.00. The van der Waals surface area contributed by atoms with Gasteiger partial charge in [-0.2, -0.15) is 0 Å². The van der Waals surface area contributed by atoms with E-state index in [0.29, 0.717) is 12.5 Å². The number of rotatable bonds is 4. The lowest BCUT2D eigenvalue weighted by Gasteiger charge is -2.14. The SMILES string of the molecule is CC#CCC(C)c1cc(Cl)ccc1OCC. The molecule has 16 heavy (non-hydrogen) atoms. The summed E-state index contributed by atoms with van der Waals surface area (Å²) in [5.74, 6) is 7.25. The van der Waals surface area contributed by atoms with Gasteiger partial charge in [-0.15, -0.1) is 11.8 Å². The van der Waals surface area contributed by atoms with Crippen LogP contribution >= 0.6 is 11.6 Å². The van der Waals surface area contributed by atoms with E-state index in [4.69, 9.17) is 16.3 Å². The Kier molecular flexibility index (Phi) is 5.22. The van der Waals surface area contributed by atoms with Crippen LogP contribution in [0, 0.1) is 11.8 Å². The average Bonchev–Trinajstić information content (AvgIpc) is 2.28. The van der Waals surface area contributed by atoms with Gasteiger partial charge in [0.1, 0.15) is 5.75 Å². The smallest absolute Gasteiger partial charge is 0.122 e. The summed E-state index contributed by atoms with van der Waals surface area (Å²) in [6.07, 6.45) is 0.830. The third-order valence-corrected chi connectivity index (χ3v) is 2.62. The van der Waals surface area contributed by atoms with Gasteiger partial charge in [0, 0.05) is 11.4 Å². The highest BCUT2D eigenvalue weighted by molar-refractivity contribution is 6.30. The fourth-order valence-electron chi connectivity index (χ4n) is 1.56. The molecule has 0 saturated carbocycles. The topological polar surface area (TPSA) is 9.23 Å². The zero-order chi connectivity index (χ0) is 12.0. The second-order valence-corrected chi connectivity index (χ2v) is 4.08. The van der Waals surface area contributed by atoms with Crippen molar-refractivity contribution in [3.05, 3.63) is 28.8 Å². The summed E-state index contributed by atoms with van der Waals surface area (Å²) in [6, 6.07) is 5.75. The molecule has 2 heteroatoms. The van der Waals surface area contributed by atoms with Crippen LogP contribution in [0.15, 0.2) is 18.2 Å². The molecule has 0 spiro atoms. The van der Waals surface area contributed by atoms with Gasteiger partial charge < -0.3 is 4.74 Å². The Labute approximate surface area is 103 Å². The number of halogens is 1. The second-order valence-electron chi connectivity index (χ2n) is 3.65. The highest BCUT2D eigenvalue weighted by atomic mass is 35.5. The minimum atomic E-state index is 0.340. The standard InChI is InChI=1S/C14H17ClO/c1-4-6-7-11(3)13-10-12(15)8-9-14(13)16-5-2/h8-11H,5,7H2,1-3H3. The van der Waals surface area contributed by atoms with Crippen molar-refractivity contribution in [1.82, 2.24) is 0 Å². The van der Waals surface area contributed by atoms with Gasteiger partial charge in [0.2, 0.25) is 0 Å². The van der Waals surface area contributed by atoms with Crippen LogP contribution in [0.25, 0.3) is 0 Å². The fraction of sp³-hybridized carbons (Fsp3) is 0.429. The molecular formula is C14H17ClO. The van der Waals surface area contributed by atoms with E-state index in [1.165, 1.54) is 0 Å². The van der Waals surface area contributed by atoms with E-state index in [-0.39, 0.29) is 0 Å². The maximum absolute atomic E-state index is 6.00. The zero-order valence-corrected chi connectivity index (χ0v) is 10.8. The van der Waals surface area contributed by atoms with Crippen LogP contribution in [-0.4, -0.2) is 6.61 Å². The molecule has 0 amide bonds. The van der Waals surface area contributed by atoms with Crippen molar-refractivity contribution < 1.29 is 4.74 Å². The van der Waals surface area contributed by atoms with Crippen molar-refractivity contribution in [3.8, 4) is 17.6 Å². The molecule has 0 aliphatic carbocycles. The van der Waals surface area contributed by atoms with Crippen molar-refractivity contribution in [2.45, 2.75) is 33.1 Å². The van der Waals surface area contributed by atoms with Crippen LogP contribution in [-0.2, 0) is 0 Å². The Morgan fingerprint density at radius 1 is 1.44 bits per heavy atom. The molecule has 1 aromatic carbocycles. The number of benzene rings is 1. The number of hydrogen-bond donors (Lipinski definition) is 0. The molecule has 0 aliphatic heterocycles. The van der Waals surface area contributed by atoms with E-state index in [9.17, 15) is 0 Å². The quantitative estimate of drug-likeness (QED) is 0.710. The lowest BCUT2D eigenvalue weighted by Crippen LogP contribution is -2.00. The minimum Gasteiger partial charge on any atom is -0.494 e. The Morgan fingerprint density at radius 2 is 2.19 bits per heavy atom. The van der Waals surface area contributed by atoms with Gasteiger partial charge in [0.05, 0.1) is 6.61 Å². The summed E-state index contributed by atoms with van der Waals surface area (Å²) in [7, 11) is 0. The summed E-state index contributed by atoms with van der Waals surface area (Å²) < 4.78 is 5.59. The van der Waals surface area contributed by atoms with Gasteiger partial charge in [-0.25, -0.2) is 0 Å². The lowest BCUT2D eigenvalue weighted by atomic mass is 9.97. The summed E-state index contributed by atoms with van der Waals surface area (Å²) in [5.41, 5.74) is 1.14. The van der Waals surface area contributed by atoms with Crippen LogP contribution in [0.2, 0.25) is 5.02 Å². The van der Waals surface area contributed by atoms with Crippen molar-refractivity contribution in [2.24, 2.45) is 0 Å². The van der Waals surface area contributed by atoms with Gasteiger partial charge >= 0.3 is 0 Å². The first-order chi connectivity index (χ1) is 7.69. The Balaban J connectivity index is 2.96. The lowest BCUT2D eigenvalue weighted by molar-refractivity contribution is 0.334. The normalized spacial score (nSPS) is 11.5. The van der Waals surface area contributed by atoms with E-state index < -0.39 is 0 Å². The number of hydrogen-bond acceptors (Lipinski definition) is 1. The van der Waals surface area contributed by atoms with Crippen molar-refractivity contribution in [3.63, 3.8) is 0 Å². The van der Waals surface area contributed by atoms with E-state index in [2.05, 4.69) is 18.8 Å². The molecule has 1 rings (SSSR count). The van der Waals surface area contributed by atoms with Crippen LogP contribution < -0.4 is 4.74 Å². The Morgan fingerprint density at radius 3 is 2.81 bits per heavy atom. The molecule has 1 aromatic rings. The van der Waals surface area contributed by atoms with E-state index in [1.54, 1.807) is 0 Å². The van der Waals surface area contributed by atoms with E-state index in [0.717, 1.165) is 22.8 Å². The molecule has 0 heterocycles. The molecule has 0 saturated heterocycles. The Hall–Kier alpha value is -1.13. The van der Waals surface area contributed by atoms with Crippen LogP contribution in [0.1, 0.15) is 38.7 Å². The predicted molar refractivity (Wildman–Crippen MR) is 69.1 cm³/mol. The molecule has 0 aliphatic rings. The van der Waals surface area contributed by atoms with Gasteiger partial charge in [-0.3, -0.25) is 0 Å². The third kappa shape index (κ3) is 3.47. The van der Waals surface area contributed by atoms with E-state index >= 15 is 0 Å².